The van der Waals surface area contributed by atoms with E-state index in [9.17, 15) is 0 Å². The molecule has 0 bridgehead atoms. The van der Waals surface area contributed by atoms with Crippen molar-refractivity contribution in [2.24, 2.45) is 9.98 Å². The fourth-order valence-corrected chi connectivity index (χ4v) is 1.43. The molecular weight excluding hydrogens is 248 g/mol. The first kappa shape index (κ1) is 13.8. The Morgan fingerprint density at radius 2 is 1.10 bits per heavy atom. The van der Waals surface area contributed by atoms with Crippen molar-refractivity contribution >= 4 is 12.4 Å². The molecule has 0 spiro atoms. The lowest BCUT2D eigenvalue weighted by atomic mass is 10.3. The molecule has 0 unspecified atom stereocenters. The van der Waals surface area contributed by atoms with Gasteiger partial charge in [-0.1, -0.05) is 0 Å². The number of pyridine rings is 2. The van der Waals surface area contributed by atoms with Crippen LogP contribution in [0.5, 0.6) is 0 Å². The van der Waals surface area contributed by atoms with Crippen molar-refractivity contribution in [2.45, 2.75) is 13.8 Å². The highest BCUT2D eigenvalue weighted by atomic mass is 14.8. The zero-order valence-corrected chi connectivity index (χ0v) is 11.6. The smallest absolute Gasteiger partial charge is 0.0584 e. The number of hydrogen-bond donors (Lipinski definition) is 0. The standard InChI is InChI=1S/C16H16N4/c1-13(19-11-15-3-7-17-8-4-15)14(2)20-12-16-5-9-18-10-6-16/h3-12H,1-2H3/b14-13+,19-11?,20-12?. The van der Waals surface area contributed by atoms with E-state index < -0.39 is 0 Å². The first-order chi connectivity index (χ1) is 9.75. The number of rotatable bonds is 4. The van der Waals surface area contributed by atoms with Crippen molar-refractivity contribution < 1.29 is 0 Å². The fourth-order valence-electron chi connectivity index (χ4n) is 1.43. The fraction of sp³-hybridized carbons (Fsp3) is 0.125. The van der Waals surface area contributed by atoms with Gasteiger partial charge in [-0.3, -0.25) is 20.0 Å². The molecule has 2 aromatic rings. The first-order valence-corrected chi connectivity index (χ1v) is 6.31. The second-order valence-corrected chi connectivity index (χ2v) is 4.25. The Morgan fingerprint density at radius 3 is 1.45 bits per heavy atom. The summed E-state index contributed by atoms with van der Waals surface area (Å²) in [6, 6.07) is 7.64. The number of aromatic nitrogens is 2. The van der Waals surface area contributed by atoms with Crippen LogP contribution >= 0.6 is 0 Å². The molecule has 2 heterocycles. The summed E-state index contributed by atoms with van der Waals surface area (Å²) in [7, 11) is 0. The van der Waals surface area contributed by atoms with Gasteiger partial charge in [-0.25, -0.2) is 0 Å². The van der Waals surface area contributed by atoms with Gasteiger partial charge in [0.1, 0.15) is 0 Å². The molecule has 0 aliphatic rings. The molecule has 0 atom stereocenters. The average Bonchev–Trinajstić information content (AvgIpc) is 2.52. The summed E-state index contributed by atoms with van der Waals surface area (Å²) >= 11 is 0. The molecule has 0 fully saturated rings. The van der Waals surface area contributed by atoms with Gasteiger partial charge in [0.25, 0.3) is 0 Å². The SMILES string of the molecule is C/C(N=Cc1ccncc1)=C(/C)N=Cc1ccncc1. The van der Waals surface area contributed by atoms with Gasteiger partial charge < -0.3 is 0 Å². The molecule has 0 N–H and O–H groups in total. The molecule has 0 saturated heterocycles. The third kappa shape index (κ3) is 4.24. The van der Waals surface area contributed by atoms with Crippen molar-refractivity contribution in [3.63, 3.8) is 0 Å². The molecule has 0 aliphatic heterocycles. The molecule has 2 rings (SSSR count). The Morgan fingerprint density at radius 1 is 0.750 bits per heavy atom. The van der Waals surface area contributed by atoms with Crippen LogP contribution in [0, 0.1) is 0 Å². The molecule has 0 aromatic carbocycles. The van der Waals surface area contributed by atoms with Gasteiger partial charge in [-0.2, -0.15) is 0 Å². The Hall–Kier alpha value is -2.62. The lowest BCUT2D eigenvalue weighted by Crippen LogP contribution is -1.85. The van der Waals surface area contributed by atoms with E-state index in [2.05, 4.69) is 20.0 Å². The van der Waals surface area contributed by atoms with E-state index in [1.807, 2.05) is 50.5 Å². The molecule has 0 aliphatic carbocycles. The summed E-state index contributed by atoms with van der Waals surface area (Å²) in [5.74, 6) is 0. The van der Waals surface area contributed by atoms with Crippen molar-refractivity contribution in [1.82, 2.24) is 9.97 Å². The minimum atomic E-state index is 0.882. The summed E-state index contributed by atoms with van der Waals surface area (Å²) < 4.78 is 0. The number of hydrogen-bond acceptors (Lipinski definition) is 4. The third-order valence-corrected chi connectivity index (χ3v) is 2.75. The van der Waals surface area contributed by atoms with Crippen LogP contribution < -0.4 is 0 Å². The second-order valence-electron chi connectivity index (χ2n) is 4.25. The van der Waals surface area contributed by atoms with Crippen LogP contribution in [0.15, 0.2) is 70.4 Å². The van der Waals surface area contributed by atoms with E-state index in [4.69, 9.17) is 0 Å². The summed E-state index contributed by atoms with van der Waals surface area (Å²) in [5.41, 5.74) is 3.80. The molecular formula is C16H16N4. The predicted octanol–water partition coefficient (Wildman–Crippen LogP) is 3.27. The Labute approximate surface area is 118 Å². The van der Waals surface area contributed by atoms with E-state index in [0.717, 1.165) is 22.5 Å². The molecule has 0 radical (unpaired) electrons. The largest absolute Gasteiger partial charge is 0.265 e. The van der Waals surface area contributed by atoms with Crippen LogP contribution in [-0.4, -0.2) is 22.4 Å². The number of nitrogens with zero attached hydrogens (tertiary/aromatic N) is 4. The molecule has 0 amide bonds. The van der Waals surface area contributed by atoms with Crippen molar-refractivity contribution in [2.75, 3.05) is 0 Å². The van der Waals surface area contributed by atoms with E-state index in [-0.39, 0.29) is 0 Å². The van der Waals surface area contributed by atoms with E-state index >= 15 is 0 Å². The van der Waals surface area contributed by atoms with Gasteiger partial charge in [0, 0.05) is 37.2 Å². The van der Waals surface area contributed by atoms with E-state index in [1.54, 1.807) is 24.8 Å². The maximum absolute atomic E-state index is 4.41. The third-order valence-electron chi connectivity index (χ3n) is 2.75. The Kier molecular flexibility index (Phi) is 4.89. The van der Waals surface area contributed by atoms with Crippen LogP contribution in [-0.2, 0) is 0 Å². The molecule has 2 aromatic heterocycles. The molecule has 4 nitrogen and oxygen atoms in total. The van der Waals surface area contributed by atoms with Crippen LogP contribution in [0.25, 0.3) is 0 Å². The van der Waals surface area contributed by atoms with Crippen LogP contribution in [0.1, 0.15) is 25.0 Å². The maximum Gasteiger partial charge on any atom is 0.0584 e. The number of allylic oxidation sites excluding steroid dienone is 2. The second kappa shape index (κ2) is 7.09. The van der Waals surface area contributed by atoms with Gasteiger partial charge in [0.05, 0.1) is 11.4 Å². The number of aliphatic imine (C=N–C) groups is 2. The summed E-state index contributed by atoms with van der Waals surface area (Å²) in [4.78, 5) is 16.8. The Balaban J connectivity index is 2.08. The van der Waals surface area contributed by atoms with Crippen LogP contribution in [0.4, 0.5) is 0 Å². The van der Waals surface area contributed by atoms with E-state index in [1.165, 1.54) is 0 Å². The zero-order chi connectivity index (χ0) is 14.2. The van der Waals surface area contributed by atoms with Gasteiger partial charge in [-0.15, -0.1) is 0 Å². The lowest BCUT2D eigenvalue weighted by molar-refractivity contribution is 1.16. The highest BCUT2D eigenvalue weighted by Crippen LogP contribution is 2.07. The highest BCUT2D eigenvalue weighted by Gasteiger charge is 1.92. The van der Waals surface area contributed by atoms with Crippen LogP contribution in [0.3, 0.4) is 0 Å². The normalized spacial score (nSPS) is 12.9. The highest BCUT2D eigenvalue weighted by molar-refractivity contribution is 5.81. The quantitative estimate of drug-likeness (QED) is 0.796. The predicted molar refractivity (Wildman–Crippen MR) is 82.0 cm³/mol. The molecule has 0 saturated carbocycles. The molecule has 20 heavy (non-hydrogen) atoms. The average molecular weight is 264 g/mol. The molecule has 100 valence electrons. The van der Waals surface area contributed by atoms with Gasteiger partial charge in [0.15, 0.2) is 0 Å². The maximum atomic E-state index is 4.41. The van der Waals surface area contributed by atoms with Crippen molar-refractivity contribution in [3.8, 4) is 0 Å². The molecule has 4 heteroatoms. The van der Waals surface area contributed by atoms with Gasteiger partial charge in [-0.05, 0) is 49.2 Å². The van der Waals surface area contributed by atoms with Crippen molar-refractivity contribution in [3.05, 3.63) is 71.6 Å². The monoisotopic (exact) mass is 264 g/mol. The summed E-state index contributed by atoms with van der Waals surface area (Å²) in [6.07, 6.45) is 10.6. The lowest BCUT2D eigenvalue weighted by Gasteiger charge is -1.97. The minimum absolute atomic E-state index is 0.882. The van der Waals surface area contributed by atoms with E-state index in [0.29, 0.717) is 0 Å². The summed E-state index contributed by atoms with van der Waals surface area (Å²) in [5, 5.41) is 0. The van der Waals surface area contributed by atoms with Gasteiger partial charge in [0.2, 0.25) is 0 Å². The Bertz CT molecular complexity index is 571. The first-order valence-electron chi connectivity index (χ1n) is 6.31. The topological polar surface area (TPSA) is 50.5 Å². The van der Waals surface area contributed by atoms with Crippen molar-refractivity contribution in [1.29, 1.82) is 0 Å². The minimum Gasteiger partial charge on any atom is -0.265 e. The van der Waals surface area contributed by atoms with Crippen LogP contribution in [0.2, 0.25) is 0 Å². The van der Waals surface area contributed by atoms with Gasteiger partial charge >= 0.3 is 0 Å². The zero-order valence-electron chi connectivity index (χ0n) is 11.6. The summed E-state index contributed by atoms with van der Waals surface area (Å²) in [6.45, 7) is 3.88.